The van der Waals surface area contributed by atoms with E-state index in [0.29, 0.717) is 8.45 Å². The Hall–Kier alpha value is -1.58. The second kappa shape index (κ2) is 9.39. The zero-order valence-corrected chi connectivity index (χ0v) is 17.5. The van der Waals surface area contributed by atoms with Crippen molar-refractivity contribution in [1.29, 1.82) is 0 Å². The van der Waals surface area contributed by atoms with Gasteiger partial charge in [0, 0.05) is 0 Å². The normalized spacial score (nSPS) is 18.7. The quantitative estimate of drug-likeness (QED) is 0.749. The van der Waals surface area contributed by atoms with Gasteiger partial charge in [0.25, 0.3) is 0 Å². The van der Waals surface area contributed by atoms with Gasteiger partial charge in [-0.1, -0.05) is 0 Å². The van der Waals surface area contributed by atoms with Crippen molar-refractivity contribution >= 4 is 17.0 Å². The van der Waals surface area contributed by atoms with Gasteiger partial charge in [0.15, 0.2) is 0 Å². The van der Waals surface area contributed by atoms with Crippen LogP contribution in [0.1, 0.15) is 44.5 Å². The molecule has 2 atom stereocenters. The Morgan fingerprint density at radius 2 is 1.04 bits per heavy atom. The van der Waals surface area contributed by atoms with E-state index in [1.54, 1.807) is 0 Å². The predicted molar refractivity (Wildman–Crippen MR) is 105 cm³/mol. The molecule has 2 aliphatic carbocycles. The van der Waals surface area contributed by atoms with Crippen LogP contribution in [-0.4, -0.2) is 19.0 Å². The molecule has 134 valence electrons. The van der Waals surface area contributed by atoms with Crippen LogP contribution in [0.3, 0.4) is 0 Å². The summed E-state index contributed by atoms with van der Waals surface area (Å²) in [7, 11) is 1.50. The summed E-state index contributed by atoms with van der Waals surface area (Å²) in [6, 6.07) is 17.7. The summed E-state index contributed by atoms with van der Waals surface area (Å²) in [5, 5.41) is 16.5. The average molecular weight is 382 g/mol. The molecule has 4 rings (SSSR count). The van der Waals surface area contributed by atoms with Gasteiger partial charge in [0.2, 0.25) is 0 Å². The Morgan fingerprint density at radius 1 is 0.692 bits per heavy atom. The third-order valence-electron chi connectivity index (χ3n) is 5.03. The molecular weight excluding hydrogens is 356 g/mol. The topological polar surface area (TPSA) is 46.1 Å². The predicted octanol–water partition coefficient (Wildman–Crippen LogP) is 3.31. The summed E-state index contributed by atoms with van der Waals surface area (Å²) in [5.74, 6) is 0. The van der Waals surface area contributed by atoms with Gasteiger partial charge in [-0.2, -0.15) is 14.2 Å². The van der Waals surface area contributed by atoms with Gasteiger partial charge in [0.05, 0.1) is 0 Å². The van der Waals surface area contributed by atoms with Crippen molar-refractivity contribution in [2.75, 3.05) is 14.2 Å². The first-order chi connectivity index (χ1) is 12.7. The van der Waals surface area contributed by atoms with Crippen molar-refractivity contribution in [3.63, 3.8) is 0 Å². The molecule has 2 nitrogen and oxygen atoms in total. The van der Waals surface area contributed by atoms with Crippen LogP contribution >= 0.6 is 0 Å². The van der Waals surface area contributed by atoms with Crippen LogP contribution in [0.4, 0.5) is 0 Å². The van der Waals surface area contributed by atoms with E-state index in [0.717, 1.165) is 14.2 Å². The van der Waals surface area contributed by atoms with Crippen molar-refractivity contribution in [2.24, 2.45) is 0 Å². The van der Waals surface area contributed by atoms with Crippen LogP contribution in [0.15, 0.2) is 59.7 Å². The van der Waals surface area contributed by atoms with Crippen molar-refractivity contribution in [3.05, 3.63) is 81.9 Å². The van der Waals surface area contributed by atoms with Gasteiger partial charge in [-0.05, 0) is 0 Å². The molecule has 2 aliphatic rings. The molecular formula is C23H26O2Ti. The second-order valence-electron chi connectivity index (χ2n) is 6.48. The first kappa shape index (κ1) is 20.7. The van der Waals surface area contributed by atoms with Gasteiger partial charge < -0.3 is 10.2 Å². The Morgan fingerprint density at radius 3 is 1.42 bits per heavy atom. The summed E-state index contributed by atoms with van der Waals surface area (Å²) < 4.78 is 1.19. The van der Waals surface area contributed by atoms with E-state index in [4.69, 9.17) is 15.0 Å². The molecule has 2 aromatic carbocycles. The molecule has 2 unspecified atom stereocenters. The van der Waals surface area contributed by atoms with E-state index in [9.17, 15) is 0 Å². The maximum absolute atomic E-state index is 8.25. The fourth-order valence-corrected chi connectivity index (χ4v) is 8.79. The second-order valence-corrected chi connectivity index (χ2v) is 10.1. The molecule has 3 heteroatoms. The molecule has 2 aromatic rings. The third kappa shape index (κ3) is 3.75. The van der Waals surface area contributed by atoms with Crippen molar-refractivity contribution < 1.29 is 27.6 Å². The van der Waals surface area contributed by atoms with Gasteiger partial charge >= 0.3 is 139 Å². The molecule has 0 fully saturated rings. The van der Waals surface area contributed by atoms with Crippen LogP contribution in [0, 0.1) is 0 Å². The van der Waals surface area contributed by atoms with E-state index in [2.05, 4.69) is 74.5 Å². The fraction of sp³-hybridized carbons (Fsp3) is 0.261. The zero-order chi connectivity index (χ0) is 19.3. The van der Waals surface area contributed by atoms with Crippen LogP contribution in [0.2, 0.25) is 0 Å². The summed E-state index contributed by atoms with van der Waals surface area (Å²) in [5.41, 5.74) is 8.88. The summed E-state index contributed by atoms with van der Waals surface area (Å²) >= 11 is -1.61. The molecule has 0 amide bonds. The van der Waals surface area contributed by atoms with E-state index >= 15 is 0 Å². The van der Waals surface area contributed by atoms with E-state index in [1.165, 1.54) is 33.4 Å². The minimum atomic E-state index is -1.61. The van der Waals surface area contributed by atoms with Crippen LogP contribution in [0.25, 0.3) is 12.2 Å². The maximum atomic E-state index is 8.25. The standard InChI is InChI=1S/2C10H9.2CH3O.CH2.Ti/c2*1-8-6-9-4-2-3-5-10(9)7-8;2*1-2;;/h2*2-7H,1H3;2*1H3;1H2;/q;;2*-1;;+2. The van der Waals surface area contributed by atoms with Crippen LogP contribution in [0.5, 0.6) is 0 Å². The minimum absolute atomic E-state index is 0.593. The van der Waals surface area contributed by atoms with Crippen molar-refractivity contribution in [2.45, 2.75) is 22.3 Å². The molecule has 26 heavy (non-hydrogen) atoms. The van der Waals surface area contributed by atoms with Crippen LogP contribution < -0.4 is 10.2 Å². The summed E-state index contributed by atoms with van der Waals surface area (Å²) in [6.45, 7) is 4.59. The van der Waals surface area contributed by atoms with Gasteiger partial charge in [-0.25, -0.2) is 0 Å². The molecule has 0 spiro atoms. The zero-order valence-electron chi connectivity index (χ0n) is 16.0. The molecule has 0 bridgehead atoms. The number of hydrogen-bond donors (Lipinski definition) is 0. The number of allylic oxidation sites excluding steroid dienone is 2. The van der Waals surface area contributed by atoms with Gasteiger partial charge in [-0.3, -0.25) is 0 Å². The van der Waals surface area contributed by atoms with E-state index < -0.39 is 17.4 Å². The first-order valence-corrected chi connectivity index (χ1v) is 11.6. The number of benzene rings is 2. The Kier molecular flexibility index (Phi) is 7.48. The summed E-state index contributed by atoms with van der Waals surface area (Å²) in [6.07, 6.45) is 4.75. The molecule has 0 saturated heterocycles. The molecule has 0 radical (unpaired) electrons. The third-order valence-corrected chi connectivity index (χ3v) is 9.74. The molecule has 0 saturated carbocycles. The van der Waals surface area contributed by atoms with Crippen molar-refractivity contribution in [3.8, 4) is 0 Å². The monoisotopic (exact) mass is 382 g/mol. The van der Waals surface area contributed by atoms with Crippen molar-refractivity contribution in [1.82, 2.24) is 0 Å². The van der Waals surface area contributed by atoms with Crippen LogP contribution in [-0.2, 0) is 17.4 Å². The Balaban J connectivity index is 0.000000570. The molecule has 0 heterocycles. The van der Waals surface area contributed by atoms with E-state index in [-0.39, 0.29) is 0 Å². The van der Waals surface area contributed by atoms with Gasteiger partial charge in [-0.15, -0.1) is 0 Å². The molecule has 0 aliphatic heterocycles. The number of rotatable bonds is 2. The number of hydrogen-bond acceptors (Lipinski definition) is 2. The Labute approximate surface area is 162 Å². The fourth-order valence-electron chi connectivity index (χ4n) is 4.11. The molecule has 0 aromatic heterocycles. The average Bonchev–Trinajstić information content (AvgIpc) is 3.19. The summed E-state index contributed by atoms with van der Waals surface area (Å²) in [4.78, 5) is 4.79. The number of fused-ring (bicyclic) bond motifs is 2. The Bertz CT molecular complexity index is 779. The first-order valence-electron chi connectivity index (χ1n) is 8.71. The van der Waals surface area contributed by atoms with Gasteiger partial charge in [0.1, 0.15) is 0 Å². The SMILES string of the molecule is C[O-].C[O-].[CH2]=[Ti+2]([CH]1C(C)=Cc2ccccc21)[CH]1C(C)=Cc2ccccc21. The van der Waals surface area contributed by atoms with E-state index in [1.807, 2.05) is 0 Å². The molecule has 0 N–H and O–H groups in total.